The summed E-state index contributed by atoms with van der Waals surface area (Å²) in [6, 6.07) is 0.353. The predicted molar refractivity (Wildman–Crippen MR) is 77.2 cm³/mol. The smallest absolute Gasteiger partial charge is 0.357 e. The first-order chi connectivity index (χ1) is 9.04. The Morgan fingerprint density at radius 2 is 2.16 bits per heavy atom. The normalized spacial score (nSPS) is 12.3. The van der Waals surface area contributed by atoms with Crippen molar-refractivity contribution in [1.82, 2.24) is 4.98 Å². The standard InChI is InChI=1S/C13H22N2O3S/c1-6-9(2)15(7-8-17-4)13-14-11(10(3)19-13)12(16)18-5/h9H,6-8H2,1-5H3. The number of esters is 1. The number of aryl methyl sites for hydroxylation is 1. The van der Waals surface area contributed by atoms with Gasteiger partial charge in [-0.25, -0.2) is 9.78 Å². The second-order valence-corrected chi connectivity index (χ2v) is 5.52. The van der Waals surface area contributed by atoms with Crippen molar-refractivity contribution in [3.8, 4) is 0 Å². The van der Waals surface area contributed by atoms with E-state index in [0.29, 0.717) is 18.3 Å². The number of rotatable bonds is 7. The van der Waals surface area contributed by atoms with Gasteiger partial charge in [0.15, 0.2) is 10.8 Å². The molecular weight excluding hydrogens is 264 g/mol. The minimum absolute atomic E-state index is 0.353. The first-order valence-electron chi connectivity index (χ1n) is 6.36. The molecule has 0 aliphatic carbocycles. The van der Waals surface area contributed by atoms with E-state index in [0.717, 1.165) is 23.0 Å². The van der Waals surface area contributed by atoms with Gasteiger partial charge in [0, 0.05) is 24.6 Å². The lowest BCUT2D eigenvalue weighted by Crippen LogP contribution is -2.35. The van der Waals surface area contributed by atoms with Crippen LogP contribution in [0.4, 0.5) is 5.13 Å². The Bertz CT molecular complexity index is 420. The lowest BCUT2D eigenvalue weighted by molar-refractivity contribution is 0.0594. The number of nitrogens with zero attached hydrogens (tertiary/aromatic N) is 2. The maximum absolute atomic E-state index is 11.6. The van der Waals surface area contributed by atoms with Crippen molar-refractivity contribution in [3.05, 3.63) is 10.6 Å². The molecule has 1 heterocycles. The van der Waals surface area contributed by atoms with E-state index in [2.05, 4.69) is 23.7 Å². The Kier molecular flexibility index (Phi) is 6.24. The number of hydrogen-bond donors (Lipinski definition) is 0. The molecule has 0 aliphatic rings. The van der Waals surface area contributed by atoms with Gasteiger partial charge in [-0.2, -0.15) is 0 Å². The second-order valence-electron chi connectivity index (χ2n) is 4.34. The number of anilines is 1. The van der Waals surface area contributed by atoms with Crippen LogP contribution in [0.3, 0.4) is 0 Å². The van der Waals surface area contributed by atoms with Crippen LogP contribution in [-0.4, -0.2) is 44.4 Å². The van der Waals surface area contributed by atoms with Crippen LogP contribution >= 0.6 is 11.3 Å². The summed E-state index contributed by atoms with van der Waals surface area (Å²) >= 11 is 1.52. The van der Waals surface area contributed by atoms with Crippen molar-refractivity contribution in [2.24, 2.45) is 0 Å². The molecule has 0 spiro atoms. The summed E-state index contributed by atoms with van der Waals surface area (Å²) in [7, 11) is 3.06. The highest BCUT2D eigenvalue weighted by Gasteiger charge is 2.21. The van der Waals surface area contributed by atoms with Crippen LogP contribution in [0.5, 0.6) is 0 Å². The Morgan fingerprint density at radius 3 is 2.68 bits per heavy atom. The van der Waals surface area contributed by atoms with E-state index < -0.39 is 0 Å². The van der Waals surface area contributed by atoms with Gasteiger partial charge in [-0.05, 0) is 20.3 Å². The molecule has 1 unspecified atom stereocenters. The van der Waals surface area contributed by atoms with Crippen molar-refractivity contribution < 1.29 is 14.3 Å². The van der Waals surface area contributed by atoms with E-state index in [9.17, 15) is 4.79 Å². The molecular formula is C13H22N2O3S. The van der Waals surface area contributed by atoms with E-state index in [1.54, 1.807) is 7.11 Å². The van der Waals surface area contributed by atoms with E-state index in [1.807, 2.05) is 6.92 Å². The Balaban J connectivity index is 2.99. The second kappa shape index (κ2) is 7.45. The largest absolute Gasteiger partial charge is 0.464 e. The topological polar surface area (TPSA) is 51.7 Å². The minimum Gasteiger partial charge on any atom is -0.464 e. The molecule has 0 aliphatic heterocycles. The molecule has 0 N–H and O–H groups in total. The molecule has 0 amide bonds. The van der Waals surface area contributed by atoms with Crippen molar-refractivity contribution >= 4 is 22.4 Å². The summed E-state index contributed by atoms with van der Waals surface area (Å²) in [5.74, 6) is -0.379. The third kappa shape index (κ3) is 3.91. The maximum Gasteiger partial charge on any atom is 0.357 e. The van der Waals surface area contributed by atoms with Gasteiger partial charge in [0.25, 0.3) is 0 Å². The quantitative estimate of drug-likeness (QED) is 0.721. The van der Waals surface area contributed by atoms with Gasteiger partial charge in [-0.15, -0.1) is 11.3 Å². The van der Waals surface area contributed by atoms with Crippen molar-refractivity contribution in [2.75, 3.05) is 32.3 Å². The van der Waals surface area contributed by atoms with Gasteiger partial charge in [0.1, 0.15) is 0 Å². The average molecular weight is 286 g/mol. The van der Waals surface area contributed by atoms with Crippen LogP contribution in [-0.2, 0) is 9.47 Å². The first kappa shape index (κ1) is 15.9. The summed E-state index contributed by atoms with van der Waals surface area (Å²) in [6.07, 6.45) is 1.01. The van der Waals surface area contributed by atoms with E-state index >= 15 is 0 Å². The molecule has 1 rings (SSSR count). The molecule has 0 aromatic carbocycles. The number of hydrogen-bond acceptors (Lipinski definition) is 6. The first-order valence-corrected chi connectivity index (χ1v) is 7.18. The van der Waals surface area contributed by atoms with Gasteiger partial charge in [0.2, 0.25) is 0 Å². The van der Waals surface area contributed by atoms with Crippen LogP contribution < -0.4 is 4.90 Å². The molecule has 1 aromatic heterocycles. The van der Waals surface area contributed by atoms with Gasteiger partial charge in [0.05, 0.1) is 13.7 Å². The van der Waals surface area contributed by atoms with Crippen molar-refractivity contribution in [2.45, 2.75) is 33.2 Å². The number of methoxy groups -OCH3 is 2. The van der Waals surface area contributed by atoms with Crippen molar-refractivity contribution in [3.63, 3.8) is 0 Å². The van der Waals surface area contributed by atoms with Crippen LogP contribution in [0.25, 0.3) is 0 Å². The molecule has 0 bridgehead atoms. The molecule has 6 heteroatoms. The highest BCUT2D eigenvalue weighted by Crippen LogP contribution is 2.28. The van der Waals surface area contributed by atoms with E-state index in [1.165, 1.54) is 18.4 Å². The zero-order valence-corrected chi connectivity index (χ0v) is 13.0. The Hall–Kier alpha value is -1.14. The molecule has 0 saturated heterocycles. The van der Waals surface area contributed by atoms with Crippen LogP contribution in [0.2, 0.25) is 0 Å². The molecule has 0 fully saturated rings. The summed E-state index contributed by atoms with van der Waals surface area (Å²) < 4.78 is 9.88. The molecule has 108 valence electrons. The van der Waals surface area contributed by atoms with Gasteiger partial charge < -0.3 is 14.4 Å². The number of ether oxygens (including phenoxy) is 2. The van der Waals surface area contributed by atoms with Gasteiger partial charge in [-0.1, -0.05) is 6.92 Å². The van der Waals surface area contributed by atoms with E-state index in [-0.39, 0.29) is 5.97 Å². The Morgan fingerprint density at radius 1 is 1.47 bits per heavy atom. The molecule has 1 aromatic rings. The SMILES string of the molecule is CCC(C)N(CCOC)c1nc(C(=O)OC)c(C)s1. The third-order valence-corrected chi connectivity index (χ3v) is 4.08. The monoisotopic (exact) mass is 286 g/mol. The predicted octanol–water partition coefficient (Wildman–Crippen LogP) is 2.49. The zero-order chi connectivity index (χ0) is 14.4. The van der Waals surface area contributed by atoms with Gasteiger partial charge in [-0.3, -0.25) is 0 Å². The lowest BCUT2D eigenvalue weighted by atomic mass is 10.2. The molecule has 1 atom stereocenters. The molecule has 0 radical (unpaired) electrons. The maximum atomic E-state index is 11.6. The highest BCUT2D eigenvalue weighted by molar-refractivity contribution is 7.15. The fourth-order valence-corrected chi connectivity index (χ4v) is 2.73. The molecule has 0 saturated carbocycles. The van der Waals surface area contributed by atoms with E-state index in [4.69, 9.17) is 9.47 Å². The van der Waals surface area contributed by atoms with Gasteiger partial charge >= 0.3 is 5.97 Å². The number of carbonyl (C=O) groups is 1. The average Bonchev–Trinajstić information content (AvgIpc) is 2.79. The summed E-state index contributed by atoms with van der Waals surface area (Å²) in [5, 5.41) is 0.851. The third-order valence-electron chi connectivity index (χ3n) is 3.07. The zero-order valence-electron chi connectivity index (χ0n) is 12.2. The summed E-state index contributed by atoms with van der Waals surface area (Å²) in [4.78, 5) is 19.1. The Labute approximate surface area is 118 Å². The number of carbonyl (C=O) groups excluding carboxylic acids is 1. The number of aromatic nitrogens is 1. The summed E-state index contributed by atoms with van der Waals surface area (Å²) in [5.41, 5.74) is 0.410. The lowest BCUT2D eigenvalue weighted by Gasteiger charge is -2.27. The van der Waals surface area contributed by atoms with Crippen LogP contribution in [0.15, 0.2) is 0 Å². The van der Waals surface area contributed by atoms with Crippen molar-refractivity contribution in [1.29, 1.82) is 0 Å². The highest BCUT2D eigenvalue weighted by atomic mass is 32.1. The fraction of sp³-hybridized carbons (Fsp3) is 0.692. The molecule has 5 nitrogen and oxygen atoms in total. The number of thiazole rings is 1. The van der Waals surface area contributed by atoms with Crippen LogP contribution in [0.1, 0.15) is 35.6 Å². The van der Waals surface area contributed by atoms with Crippen LogP contribution in [0, 0.1) is 6.92 Å². The fourth-order valence-electron chi connectivity index (χ4n) is 1.71. The summed E-state index contributed by atoms with van der Waals surface area (Å²) in [6.45, 7) is 7.56. The minimum atomic E-state index is -0.379. The molecule has 19 heavy (non-hydrogen) atoms.